The lowest BCUT2D eigenvalue weighted by Gasteiger charge is -2.38. The summed E-state index contributed by atoms with van der Waals surface area (Å²) in [6.07, 6.45) is 4.41. The molecule has 0 atom stereocenters. The second kappa shape index (κ2) is 12.4. The lowest BCUT2D eigenvalue weighted by Crippen LogP contribution is -2.30. The Morgan fingerprint density at radius 2 is 1.13 bits per heavy atom. The van der Waals surface area contributed by atoms with Gasteiger partial charge in [0, 0.05) is 27.9 Å². The van der Waals surface area contributed by atoms with Gasteiger partial charge in [-0.3, -0.25) is 0 Å². The average Bonchev–Trinajstić information content (AvgIpc) is 3.64. The first-order valence-electron chi connectivity index (χ1n) is 19.2. The Morgan fingerprint density at radius 3 is 1.83 bits per heavy atom. The van der Waals surface area contributed by atoms with Gasteiger partial charge in [0.25, 0.3) is 0 Å². The van der Waals surface area contributed by atoms with E-state index in [9.17, 15) is 0 Å². The first kappa shape index (κ1) is 32.3. The Morgan fingerprint density at radius 1 is 0.519 bits per heavy atom. The van der Waals surface area contributed by atoms with E-state index in [0.29, 0.717) is 0 Å². The maximum absolute atomic E-state index is 3.49. The second-order valence-electron chi connectivity index (χ2n) is 15.5. The van der Waals surface area contributed by atoms with Crippen molar-refractivity contribution in [3.63, 3.8) is 0 Å². The molecule has 54 heavy (non-hydrogen) atoms. The fraction of sp³-hybridized carbons (Fsp3) is 0.132. The molecule has 0 aromatic heterocycles. The van der Waals surface area contributed by atoms with Crippen molar-refractivity contribution in [3.05, 3.63) is 232 Å². The standard InChI is InChI=1S/C53H41N/c1-36-26-28-37(29-27-36)42-20-12-15-25-51(42)54(40-30-32-45-43-21-10-13-23-47(43)52(2,3)49(45)34-40)41-31-33-46-44-22-11-14-24-48(44)53(50(46)35-41,38-16-6-4-7-17-38)39-18-8-5-9-19-39/h4-26,28,30,32,34-35H,31,33H2,1-3H3. The zero-order valence-corrected chi connectivity index (χ0v) is 31.0. The third-order valence-corrected chi connectivity index (χ3v) is 12.2. The van der Waals surface area contributed by atoms with E-state index >= 15 is 0 Å². The second-order valence-corrected chi connectivity index (χ2v) is 15.5. The maximum Gasteiger partial charge on any atom is 0.0710 e. The van der Waals surface area contributed by atoms with Crippen LogP contribution in [-0.2, 0) is 10.8 Å². The molecule has 258 valence electrons. The summed E-state index contributed by atoms with van der Waals surface area (Å²) < 4.78 is 0. The number of rotatable bonds is 6. The summed E-state index contributed by atoms with van der Waals surface area (Å²) in [5.74, 6) is 0. The fourth-order valence-corrected chi connectivity index (χ4v) is 9.69. The highest BCUT2D eigenvalue weighted by atomic mass is 15.2. The molecule has 7 aromatic carbocycles. The number of anilines is 2. The Bertz CT molecular complexity index is 2580. The van der Waals surface area contributed by atoms with Gasteiger partial charge in [0.2, 0.25) is 0 Å². The minimum absolute atomic E-state index is 0.119. The molecular weight excluding hydrogens is 651 g/mol. The van der Waals surface area contributed by atoms with Crippen LogP contribution in [0, 0.1) is 19.1 Å². The van der Waals surface area contributed by atoms with E-state index in [-0.39, 0.29) is 5.41 Å². The summed E-state index contributed by atoms with van der Waals surface area (Å²) in [5, 5.41) is 0. The van der Waals surface area contributed by atoms with Gasteiger partial charge in [-0.2, -0.15) is 0 Å². The molecule has 0 bridgehead atoms. The lowest BCUT2D eigenvalue weighted by atomic mass is 9.66. The largest absolute Gasteiger partial charge is 0.314 e. The first-order valence-corrected chi connectivity index (χ1v) is 19.2. The van der Waals surface area contributed by atoms with Crippen LogP contribution >= 0.6 is 0 Å². The molecule has 0 saturated carbocycles. The molecule has 0 saturated heterocycles. The summed E-state index contributed by atoms with van der Waals surface area (Å²) in [7, 11) is 0. The van der Waals surface area contributed by atoms with Crippen LogP contribution in [-0.4, -0.2) is 0 Å². The summed E-state index contributed by atoms with van der Waals surface area (Å²) in [5.41, 5.74) is 19.9. The zero-order chi connectivity index (χ0) is 36.4. The molecule has 10 rings (SSSR count). The predicted octanol–water partition coefficient (Wildman–Crippen LogP) is 13.2. The van der Waals surface area contributed by atoms with E-state index in [1.54, 1.807) is 0 Å². The quantitative estimate of drug-likeness (QED) is 0.168. The van der Waals surface area contributed by atoms with E-state index in [1.807, 2.05) is 0 Å². The van der Waals surface area contributed by atoms with Gasteiger partial charge in [0.1, 0.15) is 0 Å². The van der Waals surface area contributed by atoms with Crippen molar-refractivity contribution in [2.45, 2.75) is 44.4 Å². The molecule has 0 fully saturated rings. The molecule has 0 radical (unpaired) electrons. The first-order chi connectivity index (χ1) is 26.5. The normalized spacial score (nSPS) is 15.7. The molecule has 3 aliphatic rings. The lowest BCUT2D eigenvalue weighted by molar-refractivity contribution is 0.660. The number of benzene rings is 6. The third kappa shape index (κ3) is 4.73. The van der Waals surface area contributed by atoms with Gasteiger partial charge in [0.15, 0.2) is 0 Å². The Labute approximate surface area is 319 Å². The molecular formula is C53H41N. The molecule has 7 aromatic rings. The highest BCUT2D eigenvalue weighted by Crippen LogP contribution is 2.59. The Hall–Kier alpha value is -6.36. The summed E-state index contributed by atoms with van der Waals surface area (Å²) in [4.78, 5) is 2.55. The number of fused-ring (bicyclic) bond motifs is 5. The van der Waals surface area contributed by atoms with Crippen LogP contribution in [0.3, 0.4) is 0 Å². The van der Waals surface area contributed by atoms with Gasteiger partial charge in [-0.1, -0.05) is 159 Å². The number of hydrogen-bond acceptors (Lipinski definition) is 1. The van der Waals surface area contributed by atoms with Crippen molar-refractivity contribution in [3.8, 4) is 22.3 Å². The minimum Gasteiger partial charge on any atom is -0.314 e. The van der Waals surface area contributed by atoms with Gasteiger partial charge < -0.3 is 4.90 Å². The minimum atomic E-state index is -0.452. The Kier molecular flexibility index (Phi) is 7.40. The molecule has 0 N–H and O–H groups in total. The third-order valence-electron chi connectivity index (χ3n) is 12.2. The van der Waals surface area contributed by atoms with Crippen LogP contribution < -0.4 is 4.90 Å². The summed E-state index contributed by atoms with van der Waals surface area (Å²) in [6.45, 7) is 6.82. The van der Waals surface area contributed by atoms with Crippen LogP contribution in [0.15, 0.2) is 181 Å². The molecule has 0 amide bonds. The fourth-order valence-electron chi connectivity index (χ4n) is 9.69. The van der Waals surface area contributed by atoms with Crippen LogP contribution in [0.5, 0.6) is 0 Å². The van der Waals surface area contributed by atoms with Crippen molar-refractivity contribution < 1.29 is 0 Å². The SMILES string of the molecule is Cc1c#cc(-c2ccccc2N(C2=CC3=C(CC2)c2ccccc2C3(c2ccccc2)c2ccccc2)c2ccc3c(c2)C(C)(C)c2ccccc2-3)cc1. The van der Waals surface area contributed by atoms with E-state index in [4.69, 9.17) is 0 Å². The number of aryl methyl sites for hydroxylation is 1. The van der Waals surface area contributed by atoms with Crippen LogP contribution in [0.2, 0.25) is 0 Å². The van der Waals surface area contributed by atoms with Crippen molar-refractivity contribution in [2.75, 3.05) is 4.90 Å². The van der Waals surface area contributed by atoms with Crippen molar-refractivity contribution in [2.24, 2.45) is 0 Å². The highest BCUT2D eigenvalue weighted by Gasteiger charge is 2.48. The van der Waals surface area contributed by atoms with E-state index in [0.717, 1.165) is 35.2 Å². The van der Waals surface area contributed by atoms with E-state index in [1.165, 1.54) is 67.0 Å². The van der Waals surface area contributed by atoms with Gasteiger partial charge in [0.05, 0.1) is 11.1 Å². The smallest absolute Gasteiger partial charge is 0.0710 e. The number of nitrogens with zero attached hydrogens (tertiary/aromatic N) is 1. The molecule has 0 unspecified atom stereocenters. The van der Waals surface area contributed by atoms with Crippen LogP contribution in [0.25, 0.3) is 27.8 Å². The Balaban J connectivity index is 1.24. The number of para-hydroxylation sites is 1. The molecule has 1 heteroatoms. The van der Waals surface area contributed by atoms with Crippen molar-refractivity contribution >= 4 is 16.9 Å². The summed E-state index contributed by atoms with van der Waals surface area (Å²) >= 11 is 0. The molecule has 0 spiro atoms. The monoisotopic (exact) mass is 691 g/mol. The molecule has 0 aliphatic heterocycles. The zero-order valence-electron chi connectivity index (χ0n) is 31.0. The van der Waals surface area contributed by atoms with Crippen LogP contribution in [0.4, 0.5) is 11.4 Å². The summed E-state index contributed by atoms with van der Waals surface area (Å²) in [6, 6.07) is 67.5. The van der Waals surface area contributed by atoms with Gasteiger partial charge >= 0.3 is 0 Å². The van der Waals surface area contributed by atoms with E-state index in [2.05, 4.69) is 208 Å². The van der Waals surface area contributed by atoms with Gasteiger partial charge in [-0.05, 0) is 117 Å². The number of allylic oxidation sites excluding steroid dienone is 4. The van der Waals surface area contributed by atoms with Crippen LogP contribution in [0.1, 0.15) is 65.6 Å². The van der Waals surface area contributed by atoms with Gasteiger partial charge in [-0.15, -0.1) is 0 Å². The molecule has 0 heterocycles. The topological polar surface area (TPSA) is 3.24 Å². The van der Waals surface area contributed by atoms with Crippen molar-refractivity contribution in [1.82, 2.24) is 0 Å². The average molecular weight is 692 g/mol. The van der Waals surface area contributed by atoms with Gasteiger partial charge in [-0.25, -0.2) is 0 Å². The highest BCUT2D eigenvalue weighted by molar-refractivity contribution is 5.92. The predicted molar refractivity (Wildman–Crippen MR) is 224 cm³/mol. The van der Waals surface area contributed by atoms with E-state index < -0.39 is 5.41 Å². The molecule has 1 nitrogen and oxygen atoms in total. The number of hydrogen-bond donors (Lipinski definition) is 0. The maximum atomic E-state index is 3.49. The molecule has 3 aliphatic carbocycles. The van der Waals surface area contributed by atoms with Crippen molar-refractivity contribution in [1.29, 1.82) is 0 Å².